The number of H-pyrrole nitrogens is 1. The SMILES string of the molecule is CC(C)CCNC(=O)c1nnn2cc(-c3ccc(Cl)cc3)[nH]c(=O)c12. The van der Waals surface area contributed by atoms with Gasteiger partial charge in [-0.2, -0.15) is 0 Å². The first-order chi connectivity index (χ1) is 12.0. The van der Waals surface area contributed by atoms with Crippen molar-refractivity contribution in [1.82, 2.24) is 25.1 Å². The molecule has 0 atom stereocenters. The lowest BCUT2D eigenvalue weighted by Gasteiger charge is -2.06. The van der Waals surface area contributed by atoms with Crippen LogP contribution >= 0.6 is 11.6 Å². The second-order valence-electron chi connectivity index (χ2n) is 6.17. The number of benzene rings is 1. The molecule has 1 amide bonds. The van der Waals surface area contributed by atoms with Gasteiger partial charge in [0, 0.05) is 11.6 Å². The summed E-state index contributed by atoms with van der Waals surface area (Å²) in [6.45, 7) is 4.67. The number of aromatic nitrogens is 4. The summed E-state index contributed by atoms with van der Waals surface area (Å²) < 4.78 is 1.32. The van der Waals surface area contributed by atoms with Gasteiger partial charge in [0.15, 0.2) is 11.2 Å². The number of hydrogen-bond acceptors (Lipinski definition) is 4. The molecule has 0 fully saturated rings. The van der Waals surface area contributed by atoms with Crippen LogP contribution in [0.25, 0.3) is 16.8 Å². The van der Waals surface area contributed by atoms with E-state index in [2.05, 4.69) is 34.5 Å². The van der Waals surface area contributed by atoms with E-state index in [1.165, 1.54) is 4.52 Å². The van der Waals surface area contributed by atoms with E-state index in [4.69, 9.17) is 11.6 Å². The van der Waals surface area contributed by atoms with Crippen molar-refractivity contribution in [2.75, 3.05) is 6.54 Å². The summed E-state index contributed by atoms with van der Waals surface area (Å²) in [6.07, 6.45) is 2.47. The highest BCUT2D eigenvalue weighted by Crippen LogP contribution is 2.19. The Morgan fingerprint density at radius 3 is 2.72 bits per heavy atom. The number of fused-ring (bicyclic) bond motifs is 1. The van der Waals surface area contributed by atoms with Gasteiger partial charge >= 0.3 is 0 Å². The Kier molecular flexibility index (Phi) is 4.85. The van der Waals surface area contributed by atoms with Crippen molar-refractivity contribution in [3.8, 4) is 11.3 Å². The summed E-state index contributed by atoms with van der Waals surface area (Å²) in [5.74, 6) is 0.0721. The maximum atomic E-state index is 12.4. The van der Waals surface area contributed by atoms with E-state index in [9.17, 15) is 9.59 Å². The fraction of sp³-hybridized carbons (Fsp3) is 0.294. The van der Waals surface area contributed by atoms with Crippen LogP contribution < -0.4 is 10.9 Å². The van der Waals surface area contributed by atoms with Crippen LogP contribution in [0.1, 0.15) is 30.8 Å². The highest BCUT2D eigenvalue weighted by atomic mass is 35.5. The number of carbonyl (C=O) groups excluding carboxylic acids is 1. The van der Waals surface area contributed by atoms with Crippen LogP contribution in [0.2, 0.25) is 5.02 Å². The molecule has 0 aliphatic heterocycles. The van der Waals surface area contributed by atoms with Gasteiger partial charge in [0.05, 0.1) is 11.9 Å². The quantitative estimate of drug-likeness (QED) is 0.732. The van der Waals surface area contributed by atoms with E-state index >= 15 is 0 Å². The molecule has 2 heterocycles. The third-order valence-corrected chi connectivity index (χ3v) is 4.04. The molecule has 0 bridgehead atoms. The molecule has 8 heteroatoms. The molecule has 2 N–H and O–H groups in total. The molecule has 3 rings (SSSR count). The largest absolute Gasteiger partial charge is 0.351 e. The maximum absolute atomic E-state index is 12.4. The zero-order valence-corrected chi connectivity index (χ0v) is 14.7. The lowest BCUT2D eigenvalue weighted by molar-refractivity contribution is 0.0948. The second kappa shape index (κ2) is 7.06. The Labute approximate surface area is 149 Å². The van der Waals surface area contributed by atoms with Crippen molar-refractivity contribution in [1.29, 1.82) is 0 Å². The molecule has 0 aliphatic rings. The topological polar surface area (TPSA) is 92.2 Å². The highest BCUT2D eigenvalue weighted by Gasteiger charge is 2.18. The van der Waals surface area contributed by atoms with Gasteiger partial charge in [0.2, 0.25) is 0 Å². The Hall–Kier alpha value is -2.67. The lowest BCUT2D eigenvalue weighted by atomic mass is 10.1. The fourth-order valence-electron chi connectivity index (χ4n) is 2.42. The summed E-state index contributed by atoms with van der Waals surface area (Å²) in [6, 6.07) is 7.04. The summed E-state index contributed by atoms with van der Waals surface area (Å²) in [5.41, 5.74) is 1.06. The molecule has 3 aromatic rings. The molecule has 0 unspecified atom stereocenters. The molecular formula is C17H18ClN5O2. The van der Waals surface area contributed by atoms with E-state index in [0.717, 1.165) is 12.0 Å². The number of nitrogens with one attached hydrogen (secondary N) is 2. The summed E-state index contributed by atoms with van der Waals surface area (Å²) in [5, 5.41) is 11.1. The van der Waals surface area contributed by atoms with Gasteiger partial charge in [-0.1, -0.05) is 42.8 Å². The third-order valence-electron chi connectivity index (χ3n) is 3.79. The van der Waals surface area contributed by atoms with Crippen LogP contribution in [0, 0.1) is 5.92 Å². The Morgan fingerprint density at radius 2 is 2.04 bits per heavy atom. The standard InChI is InChI=1S/C17H18ClN5O2/c1-10(2)7-8-19-16(24)14-15-17(25)20-13(9-23(15)22-21-14)11-3-5-12(18)6-4-11/h3-6,9-10H,7-8H2,1-2H3,(H,19,24)(H,20,25). The van der Waals surface area contributed by atoms with Gasteiger partial charge in [-0.05, 0) is 30.0 Å². The highest BCUT2D eigenvalue weighted by molar-refractivity contribution is 6.30. The number of carbonyl (C=O) groups is 1. The smallest absolute Gasteiger partial charge is 0.276 e. The predicted octanol–water partition coefficient (Wildman–Crippen LogP) is 2.51. The first kappa shape index (κ1) is 17.2. The van der Waals surface area contributed by atoms with E-state index in [1.54, 1.807) is 30.5 Å². The monoisotopic (exact) mass is 359 g/mol. The third kappa shape index (κ3) is 3.71. The zero-order chi connectivity index (χ0) is 18.0. The van der Waals surface area contributed by atoms with Crippen LogP contribution in [-0.2, 0) is 0 Å². The van der Waals surface area contributed by atoms with Crippen molar-refractivity contribution in [3.05, 3.63) is 51.5 Å². The van der Waals surface area contributed by atoms with Gasteiger partial charge in [0.25, 0.3) is 11.5 Å². The molecule has 0 spiro atoms. The maximum Gasteiger partial charge on any atom is 0.276 e. The molecule has 0 radical (unpaired) electrons. The lowest BCUT2D eigenvalue weighted by Crippen LogP contribution is -2.27. The minimum absolute atomic E-state index is 0.0210. The van der Waals surface area contributed by atoms with E-state index in [-0.39, 0.29) is 11.2 Å². The second-order valence-corrected chi connectivity index (χ2v) is 6.61. The summed E-state index contributed by atoms with van der Waals surface area (Å²) >= 11 is 5.88. The van der Waals surface area contributed by atoms with Crippen LogP contribution in [0.5, 0.6) is 0 Å². The van der Waals surface area contributed by atoms with Gasteiger partial charge < -0.3 is 10.3 Å². The van der Waals surface area contributed by atoms with Crippen molar-refractivity contribution >= 4 is 23.0 Å². The molecule has 0 aliphatic carbocycles. The molecule has 0 saturated heterocycles. The average molecular weight is 360 g/mol. The molecule has 130 valence electrons. The van der Waals surface area contributed by atoms with Crippen molar-refractivity contribution < 1.29 is 4.79 Å². The van der Waals surface area contributed by atoms with Crippen LogP contribution in [-0.4, -0.2) is 32.3 Å². The number of amides is 1. The Morgan fingerprint density at radius 1 is 1.32 bits per heavy atom. The number of halogens is 1. The predicted molar refractivity (Wildman–Crippen MR) is 95.8 cm³/mol. The van der Waals surface area contributed by atoms with Gasteiger partial charge in [0.1, 0.15) is 0 Å². The van der Waals surface area contributed by atoms with E-state index in [0.29, 0.717) is 23.2 Å². The van der Waals surface area contributed by atoms with Gasteiger partial charge in [-0.15, -0.1) is 5.10 Å². The van der Waals surface area contributed by atoms with E-state index in [1.807, 2.05) is 0 Å². The first-order valence-corrected chi connectivity index (χ1v) is 8.36. The summed E-state index contributed by atoms with van der Waals surface area (Å²) in [4.78, 5) is 27.5. The fourth-order valence-corrected chi connectivity index (χ4v) is 2.54. The van der Waals surface area contributed by atoms with Gasteiger partial charge in [-0.25, -0.2) is 4.52 Å². The number of nitrogens with zero attached hydrogens (tertiary/aromatic N) is 3. The molecular weight excluding hydrogens is 342 g/mol. The van der Waals surface area contributed by atoms with Crippen molar-refractivity contribution in [2.24, 2.45) is 5.92 Å². The van der Waals surface area contributed by atoms with Gasteiger partial charge in [-0.3, -0.25) is 9.59 Å². The van der Waals surface area contributed by atoms with Crippen LogP contribution in [0.15, 0.2) is 35.3 Å². The first-order valence-electron chi connectivity index (χ1n) is 7.98. The number of rotatable bonds is 5. The molecule has 1 aromatic carbocycles. The number of hydrogen-bond donors (Lipinski definition) is 2. The molecule has 7 nitrogen and oxygen atoms in total. The van der Waals surface area contributed by atoms with Crippen LogP contribution in [0.4, 0.5) is 0 Å². The molecule has 25 heavy (non-hydrogen) atoms. The summed E-state index contributed by atoms with van der Waals surface area (Å²) in [7, 11) is 0. The van der Waals surface area contributed by atoms with Crippen molar-refractivity contribution in [3.63, 3.8) is 0 Å². The van der Waals surface area contributed by atoms with Crippen molar-refractivity contribution in [2.45, 2.75) is 20.3 Å². The minimum atomic E-state index is -0.425. The zero-order valence-electron chi connectivity index (χ0n) is 13.9. The minimum Gasteiger partial charge on any atom is -0.351 e. The van der Waals surface area contributed by atoms with Crippen LogP contribution in [0.3, 0.4) is 0 Å². The van der Waals surface area contributed by atoms with E-state index < -0.39 is 11.5 Å². The molecule has 2 aromatic heterocycles. The Balaban J connectivity index is 1.93. The molecule has 0 saturated carbocycles. The normalized spacial score (nSPS) is 11.2. The average Bonchev–Trinajstić information content (AvgIpc) is 2.99. The Bertz CT molecular complexity index is 959. The number of aromatic amines is 1.